The summed E-state index contributed by atoms with van der Waals surface area (Å²) in [5, 5.41) is 9.59. The maximum absolute atomic E-state index is 11.7. The molecule has 0 saturated carbocycles. The number of aliphatic carboxylic acids is 1. The summed E-state index contributed by atoms with van der Waals surface area (Å²) in [4.78, 5) is 17.8. The van der Waals surface area contributed by atoms with Gasteiger partial charge >= 0.3 is 5.97 Å². The zero-order valence-corrected chi connectivity index (χ0v) is 12.4. The fourth-order valence-electron chi connectivity index (χ4n) is 3.26. The average Bonchev–Trinajstić information content (AvgIpc) is 2.97. The van der Waals surface area contributed by atoms with Crippen LogP contribution in [0.15, 0.2) is 54.9 Å². The van der Waals surface area contributed by atoms with Gasteiger partial charge in [0.2, 0.25) is 0 Å². The number of aromatic nitrogens is 1. The molecule has 2 aromatic rings. The van der Waals surface area contributed by atoms with Gasteiger partial charge in [-0.25, -0.2) is 0 Å². The lowest BCUT2D eigenvalue weighted by atomic mass is 9.99. The van der Waals surface area contributed by atoms with Gasteiger partial charge in [0.15, 0.2) is 0 Å². The van der Waals surface area contributed by atoms with Crippen molar-refractivity contribution in [2.45, 2.75) is 18.9 Å². The van der Waals surface area contributed by atoms with Crippen LogP contribution in [0.2, 0.25) is 0 Å². The van der Waals surface area contributed by atoms with Crippen LogP contribution in [0.5, 0.6) is 0 Å². The van der Waals surface area contributed by atoms with Crippen LogP contribution in [0, 0.1) is 5.92 Å². The van der Waals surface area contributed by atoms with Crippen molar-refractivity contribution < 1.29 is 9.90 Å². The molecule has 1 fully saturated rings. The molecule has 0 amide bonds. The van der Waals surface area contributed by atoms with Gasteiger partial charge in [-0.1, -0.05) is 36.4 Å². The number of hydrogen-bond acceptors (Lipinski definition) is 3. The smallest absolute Gasteiger partial charge is 0.325 e. The molecule has 4 heteroatoms. The van der Waals surface area contributed by atoms with E-state index in [0.717, 1.165) is 31.5 Å². The van der Waals surface area contributed by atoms with Crippen molar-refractivity contribution in [2.75, 3.05) is 13.1 Å². The Morgan fingerprint density at radius 1 is 1.27 bits per heavy atom. The number of carbonyl (C=O) groups is 1. The predicted octanol–water partition coefficient (Wildman–Crippen LogP) is 2.77. The van der Waals surface area contributed by atoms with Crippen LogP contribution in [-0.4, -0.2) is 34.0 Å². The minimum atomic E-state index is -0.798. The monoisotopic (exact) mass is 296 g/mol. The van der Waals surface area contributed by atoms with E-state index in [1.807, 2.05) is 12.1 Å². The Kier molecular flexibility index (Phi) is 4.49. The van der Waals surface area contributed by atoms with E-state index in [2.05, 4.69) is 34.1 Å². The molecular weight excluding hydrogens is 276 g/mol. The third-order valence-corrected chi connectivity index (χ3v) is 4.28. The van der Waals surface area contributed by atoms with Gasteiger partial charge in [0.05, 0.1) is 0 Å². The van der Waals surface area contributed by atoms with E-state index in [-0.39, 0.29) is 0 Å². The topological polar surface area (TPSA) is 53.4 Å². The summed E-state index contributed by atoms with van der Waals surface area (Å²) in [5.74, 6) is -0.283. The summed E-state index contributed by atoms with van der Waals surface area (Å²) >= 11 is 0. The molecule has 2 atom stereocenters. The summed E-state index contributed by atoms with van der Waals surface area (Å²) in [6.45, 7) is 1.64. The van der Waals surface area contributed by atoms with Gasteiger partial charge in [-0.05, 0) is 42.5 Å². The molecule has 114 valence electrons. The summed E-state index contributed by atoms with van der Waals surface area (Å²) in [5.41, 5.74) is 2.08. The number of nitrogens with zero attached hydrogens (tertiary/aromatic N) is 2. The predicted molar refractivity (Wildman–Crippen MR) is 84.4 cm³/mol. The molecule has 1 aliphatic rings. The Morgan fingerprint density at radius 3 is 2.77 bits per heavy atom. The SMILES string of the molecule is O=C(O)C(c1cccnc1)N1CCC(Cc2ccccc2)C1. The number of likely N-dealkylation sites (tertiary alicyclic amines) is 1. The van der Waals surface area contributed by atoms with Crippen molar-refractivity contribution in [3.8, 4) is 0 Å². The van der Waals surface area contributed by atoms with Crippen molar-refractivity contribution in [1.82, 2.24) is 9.88 Å². The number of rotatable bonds is 5. The molecule has 2 unspecified atom stereocenters. The molecule has 2 heterocycles. The molecule has 0 spiro atoms. The van der Waals surface area contributed by atoms with Crippen molar-refractivity contribution in [3.05, 3.63) is 66.0 Å². The third-order valence-electron chi connectivity index (χ3n) is 4.28. The number of carboxylic acids is 1. The molecule has 1 saturated heterocycles. The molecule has 1 aromatic carbocycles. The first kappa shape index (κ1) is 14.7. The molecule has 1 aromatic heterocycles. The third kappa shape index (κ3) is 3.34. The molecule has 1 N–H and O–H groups in total. The second-order valence-corrected chi connectivity index (χ2v) is 5.87. The first-order chi connectivity index (χ1) is 10.7. The normalized spacial score (nSPS) is 19.9. The molecule has 0 radical (unpaired) electrons. The van der Waals surface area contributed by atoms with Crippen LogP contribution >= 0.6 is 0 Å². The maximum atomic E-state index is 11.7. The van der Waals surface area contributed by atoms with Crippen LogP contribution in [0.4, 0.5) is 0 Å². The number of hydrogen-bond donors (Lipinski definition) is 1. The summed E-state index contributed by atoms with van der Waals surface area (Å²) < 4.78 is 0. The number of benzene rings is 1. The van der Waals surface area contributed by atoms with E-state index in [1.165, 1.54) is 5.56 Å². The first-order valence-corrected chi connectivity index (χ1v) is 7.65. The lowest BCUT2D eigenvalue weighted by molar-refractivity contribution is -0.143. The molecule has 22 heavy (non-hydrogen) atoms. The standard InChI is InChI=1S/C18H20N2O2/c21-18(22)17(16-7-4-9-19-12-16)20-10-8-15(13-20)11-14-5-2-1-3-6-14/h1-7,9,12,15,17H,8,10-11,13H2,(H,21,22). The lowest BCUT2D eigenvalue weighted by Gasteiger charge is -2.24. The van der Waals surface area contributed by atoms with E-state index in [1.54, 1.807) is 18.5 Å². The fraction of sp³-hybridized carbons (Fsp3) is 0.333. The largest absolute Gasteiger partial charge is 0.480 e. The van der Waals surface area contributed by atoms with Gasteiger partial charge in [-0.2, -0.15) is 0 Å². The highest BCUT2D eigenvalue weighted by atomic mass is 16.4. The van der Waals surface area contributed by atoms with Crippen molar-refractivity contribution in [3.63, 3.8) is 0 Å². The van der Waals surface area contributed by atoms with Gasteiger partial charge in [0, 0.05) is 18.9 Å². The van der Waals surface area contributed by atoms with Crippen molar-refractivity contribution in [1.29, 1.82) is 0 Å². The van der Waals surface area contributed by atoms with Crippen LogP contribution < -0.4 is 0 Å². The van der Waals surface area contributed by atoms with E-state index in [4.69, 9.17) is 0 Å². The highest BCUT2D eigenvalue weighted by Gasteiger charge is 2.33. The van der Waals surface area contributed by atoms with Gasteiger partial charge < -0.3 is 5.11 Å². The Bertz CT molecular complexity index is 615. The van der Waals surface area contributed by atoms with Crippen LogP contribution in [0.1, 0.15) is 23.6 Å². The summed E-state index contributed by atoms with van der Waals surface area (Å²) in [6.07, 6.45) is 5.38. The van der Waals surface area contributed by atoms with Gasteiger partial charge in [-0.3, -0.25) is 14.7 Å². The van der Waals surface area contributed by atoms with Gasteiger partial charge in [-0.15, -0.1) is 0 Å². The Hall–Kier alpha value is -2.20. The highest BCUT2D eigenvalue weighted by molar-refractivity contribution is 5.75. The van der Waals surface area contributed by atoms with Gasteiger partial charge in [0.25, 0.3) is 0 Å². The van der Waals surface area contributed by atoms with E-state index in [9.17, 15) is 9.90 Å². The van der Waals surface area contributed by atoms with E-state index < -0.39 is 12.0 Å². The summed E-state index contributed by atoms with van der Waals surface area (Å²) in [6, 6.07) is 13.5. The first-order valence-electron chi connectivity index (χ1n) is 7.65. The Balaban J connectivity index is 1.69. The minimum absolute atomic E-state index is 0.515. The highest BCUT2D eigenvalue weighted by Crippen LogP contribution is 2.29. The van der Waals surface area contributed by atoms with Crippen LogP contribution in [-0.2, 0) is 11.2 Å². The number of pyridine rings is 1. The number of carboxylic acid groups (broad SMARTS) is 1. The fourth-order valence-corrected chi connectivity index (χ4v) is 3.26. The minimum Gasteiger partial charge on any atom is -0.480 e. The van der Waals surface area contributed by atoms with Gasteiger partial charge in [0.1, 0.15) is 6.04 Å². The average molecular weight is 296 g/mol. The quantitative estimate of drug-likeness (QED) is 0.922. The lowest BCUT2D eigenvalue weighted by Crippen LogP contribution is -2.32. The van der Waals surface area contributed by atoms with E-state index in [0.29, 0.717) is 5.92 Å². The second-order valence-electron chi connectivity index (χ2n) is 5.87. The summed E-state index contributed by atoms with van der Waals surface area (Å²) in [7, 11) is 0. The second kappa shape index (κ2) is 6.71. The zero-order valence-electron chi connectivity index (χ0n) is 12.4. The zero-order chi connectivity index (χ0) is 15.4. The Labute approximate surface area is 130 Å². The molecule has 1 aliphatic heterocycles. The Morgan fingerprint density at radius 2 is 2.09 bits per heavy atom. The molecular formula is C18H20N2O2. The van der Waals surface area contributed by atoms with Crippen LogP contribution in [0.25, 0.3) is 0 Å². The van der Waals surface area contributed by atoms with E-state index >= 15 is 0 Å². The van der Waals surface area contributed by atoms with Crippen molar-refractivity contribution >= 4 is 5.97 Å². The van der Waals surface area contributed by atoms with Crippen LogP contribution in [0.3, 0.4) is 0 Å². The van der Waals surface area contributed by atoms with Crippen molar-refractivity contribution in [2.24, 2.45) is 5.92 Å². The molecule has 4 nitrogen and oxygen atoms in total. The molecule has 3 rings (SSSR count). The maximum Gasteiger partial charge on any atom is 0.325 e. The molecule has 0 aliphatic carbocycles. The molecule has 0 bridgehead atoms.